The average Bonchev–Trinajstić information content (AvgIpc) is 2.33. The Morgan fingerprint density at radius 2 is 1.84 bits per heavy atom. The van der Waals surface area contributed by atoms with E-state index in [0.717, 1.165) is 22.4 Å². The van der Waals surface area contributed by atoms with Crippen LogP contribution in [-0.2, 0) is 5.41 Å². The fraction of sp³-hybridized carbons (Fsp3) is 0.471. The van der Waals surface area contributed by atoms with Crippen molar-refractivity contribution in [2.45, 2.75) is 52.5 Å². The quantitative estimate of drug-likeness (QED) is 0.696. The van der Waals surface area contributed by atoms with E-state index in [-0.39, 0.29) is 16.8 Å². The first-order chi connectivity index (χ1) is 8.72. The van der Waals surface area contributed by atoms with E-state index in [0.29, 0.717) is 0 Å². The summed E-state index contributed by atoms with van der Waals surface area (Å²) in [6, 6.07) is 5.28. The highest BCUT2D eigenvalue weighted by Crippen LogP contribution is 2.44. The molecule has 0 N–H and O–H groups in total. The lowest BCUT2D eigenvalue weighted by Crippen LogP contribution is -2.46. The molecular weight excluding hydrogens is 237 g/mol. The summed E-state index contributed by atoms with van der Waals surface area (Å²) in [6.45, 7) is 12.3. The summed E-state index contributed by atoms with van der Waals surface area (Å²) in [5, 5.41) is 0. The molecule has 0 aliphatic carbocycles. The lowest BCUT2D eigenvalue weighted by atomic mass is 9.65. The van der Waals surface area contributed by atoms with Gasteiger partial charge in [0.25, 0.3) is 0 Å². The zero-order valence-electron chi connectivity index (χ0n) is 12.6. The predicted octanol–water partition coefficient (Wildman–Crippen LogP) is 4.65. The van der Waals surface area contributed by atoms with Gasteiger partial charge in [0.05, 0.1) is 11.3 Å². The monoisotopic (exact) mass is 259 g/mol. The van der Waals surface area contributed by atoms with Crippen LogP contribution in [0.25, 0.3) is 0 Å². The van der Waals surface area contributed by atoms with Crippen molar-refractivity contribution in [3.05, 3.63) is 46.8 Å². The Hall–Kier alpha value is -1.44. The number of allylic oxidation sites excluding steroid dienone is 2. The smallest absolute Gasteiger partial charge is 0.127 e. The maximum Gasteiger partial charge on any atom is 0.127 e. The molecule has 0 spiro atoms. The third-order valence-electron chi connectivity index (χ3n) is 4.62. The molecule has 0 atom stereocenters. The maximum absolute atomic E-state index is 14.4. The molecule has 0 fully saturated rings. The summed E-state index contributed by atoms with van der Waals surface area (Å²) >= 11 is 0. The molecular formula is C17H22FN. The zero-order chi connectivity index (χ0) is 14.4. The number of aliphatic imine (C=N–C) groups is 1. The van der Waals surface area contributed by atoms with E-state index in [4.69, 9.17) is 4.99 Å². The molecule has 0 amide bonds. The second kappa shape index (κ2) is 4.29. The first-order valence-electron chi connectivity index (χ1n) is 6.75. The molecule has 102 valence electrons. The van der Waals surface area contributed by atoms with Crippen molar-refractivity contribution in [1.29, 1.82) is 0 Å². The lowest BCUT2D eigenvalue weighted by Gasteiger charge is -2.44. The van der Waals surface area contributed by atoms with Crippen LogP contribution in [-0.4, -0.2) is 11.3 Å². The molecule has 0 saturated carbocycles. The molecule has 1 aliphatic rings. The third kappa shape index (κ3) is 1.94. The Labute approximate surface area is 115 Å². The van der Waals surface area contributed by atoms with E-state index >= 15 is 0 Å². The molecule has 2 rings (SSSR count). The van der Waals surface area contributed by atoms with E-state index in [1.54, 1.807) is 12.1 Å². The van der Waals surface area contributed by atoms with Crippen molar-refractivity contribution in [3.63, 3.8) is 0 Å². The summed E-state index contributed by atoms with van der Waals surface area (Å²) in [5.41, 5.74) is 3.07. The van der Waals surface area contributed by atoms with Crippen molar-refractivity contribution in [1.82, 2.24) is 0 Å². The number of halogens is 1. The van der Waals surface area contributed by atoms with Crippen LogP contribution in [0.3, 0.4) is 0 Å². The van der Waals surface area contributed by atoms with Gasteiger partial charge in [-0.25, -0.2) is 4.39 Å². The van der Waals surface area contributed by atoms with Crippen molar-refractivity contribution in [3.8, 4) is 0 Å². The molecule has 0 radical (unpaired) electrons. The van der Waals surface area contributed by atoms with Crippen molar-refractivity contribution < 1.29 is 4.39 Å². The Bertz CT molecular complexity index is 577. The highest BCUT2D eigenvalue weighted by molar-refractivity contribution is 6.14. The first kappa shape index (κ1) is 14.0. The molecule has 0 aromatic heterocycles. The Morgan fingerprint density at radius 3 is 2.42 bits per heavy atom. The molecule has 0 bridgehead atoms. The van der Waals surface area contributed by atoms with Gasteiger partial charge >= 0.3 is 0 Å². The SMILES string of the molecule is C/C=C(\C)C1=NC(C)(C)C(C)(C)c2c(F)cccc21. The van der Waals surface area contributed by atoms with Crippen LogP contribution in [0.5, 0.6) is 0 Å². The molecule has 1 nitrogen and oxygen atoms in total. The van der Waals surface area contributed by atoms with E-state index in [9.17, 15) is 4.39 Å². The standard InChI is InChI=1S/C17H22FN/c1-7-11(2)15-12-9-8-10-13(18)14(12)16(3,4)17(5,6)19-15/h7-10H,1-6H3/b11-7+. The van der Waals surface area contributed by atoms with E-state index < -0.39 is 0 Å². The number of fused-ring (bicyclic) bond motifs is 1. The topological polar surface area (TPSA) is 12.4 Å². The van der Waals surface area contributed by atoms with Gasteiger partial charge in [0.15, 0.2) is 0 Å². The first-order valence-corrected chi connectivity index (χ1v) is 6.75. The highest BCUT2D eigenvalue weighted by Gasteiger charge is 2.45. The summed E-state index contributed by atoms with van der Waals surface area (Å²) in [6.07, 6.45) is 2.03. The van der Waals surface area contributed by atoms with E-state index in [1.807, 2.05) is 26.0 Å². The Morgan fingerprint density at radius 1 is 1.21 bits per heavy atom. The minimum Gasteiger partial charge on any atom is -0.277 e. The van der Waals surface area contributed by atoms with E-state index in [2.05, 4.69) is 27.7 Å². The molecule has 1 aliphatic heterocycles. The summed E-state index contributed by atoms with van der Waals surface area (Å²) in [5.74, 6) is -0.133. The Balaban J connectivity index is 2.83. The summed E-state index contributed by atoms with van der Waals surface area (Å²) < 4.78 is 14.4. The van der Waals surface area contributed by atoms with Gasteiger partial charge in [-0.2, -0.15) is 0 Å². The number of hydrogen-bond acceptors (Lipinski definition) is 1. The largest absolute Gasteiger partial charge is 0.277 e. The highest BCUT2D eigenvalue weighted by atomic mass is 19.1. The normalized spacial score (nSPS) is 20.8. The number of rotatable bonds is 1. The van der Waals surface area contributed by atoms with Crippen molar-refractivity contribution in [2.75, 3.05) is 0 Å². The maximum atomic E-state index is 14.4. The van der Waals surface area contributed by atoms with Gasteiger partial charge in [-0.05, 0) is 39.3 Å². The molecule has 0 unspecified atom stereocenters. The van der Waals surface area contributed by atoms with Crippen molar-refractivity contribution in [2.24, 2.45) is 4.99 Å². The second-order valence-electron chi connectivity index (χ2n) is 6.28. The fourth-order valence-electron chi connectivity index (χ4n) is 2.58. The average molecular weight is 259 g/mol. The minimum absolute atomic E-state index is 0.133. The predicted molar refractivity (Wildman–Crippen MR) is 79.5 cm³/mol. The van der Waals surface area contributed by atoms with Crippen LogP contribution in [0.15, 0.2) is 34.8 Å². The van der Waals surface area contributed by atoms with Gasteiger partial charge in [-0.3, -0.25) is 4.99 Å². The van der Waals surface area contributed by atoms with Crippen molar-refractivity contribution >= 4 is 5.71 Å². The van der Waals surface area contributed by atoms with E-state index in [1.165, 1.54) is 0 Å². The van der Waals surface area contributed by atoms with Gasteiger partial charge in [-0.1, -0.05) is 32.1 Å². The lowest BCUT2D eigenvalue weighted by molar-refractivity contribution is 0.293. The van der Waals surface area contributed by atoms with Gasteiger partial charge < -0.3 is 0 Å². The van der Waals surface area contributed by atoms with Gasteiger partial charge in [-0.15, -0.1) is 0 Å². The summed E-state index contributed by atoms with van der Waals surface area (Å²) in [4.78, 5) is 4.90. The van der Waals surface area contributed by atoms with Gasteiger partial charge in [0.2, 0.25) is 0 Å². The number of benzene rings is 1. The zero-order valence-corrected chi connectivity index (χ0v) is 12.6. The molecule has 1 aromatic carbocycles. The fourth-order valence-corrected chi connectivity index (χ4v) is 2.58. The van der Waals surface area contributed by atoms with Crippen LogP contribution in [0.4, 0.5) is 4.39 Å². The molecule has 19 heavy (non-hydrogen) atoms. The van der Waals surface area contributed by atoms with Gasteiger partial charge in [0, 0.05) is 16.5 Å². The second-order valence-corrected chi connectivity index (χ2v) is 6.28. The summed E-state index contributed by atoms with van der Waals surface area (Å²) in [7, 11) is 0. The van der Waals surface area contributed by atoms with Crippen LogP contribution in [0, 0.1) is 5.82 Å². The molecule has 2 heteroatoms. The number of hydrogen-bond donors (Lipinski definition) is 0. The third-order valence-corrected chi connectivity index (χ3v) is 4.62. The van der Waals surface area contributed by atoms with Crippen LogP contribution in [0.2, 0.25) is 0 Å². The minimum atomic E-state index is -0.332. The van der Waals surface area contributed by atoms with Gasteiger partial charge in [0.1, 0.15) is 5.82 Å². The van der Waals surface area contributed by atoms with Crippen LogP contribution in [0.1, 0.15) is 52.7 Å². The molecule has 1 heterocycles. The molecule has 0 saturated heterocycles. The molecule has 1 aromatic rings. The number of nitrogens with zero attached hydrogens (tertiary/aromatic N) is 1. The van der Waals surface area contributed by atoms with Crippen LogP contribution < -0.4 is 0 Å². The Kier molecular flexibility index (Phi) is 3.16. The van der Waals surface area contributed by atoms with Crippen LogP contribution >= 0.6 is 0 Å².